The van der Waals surface area contributed by atoms with Crippen LogP contribution < -0.4 is 5.32 Å². The van der Waals surface area contributed by atoms with Gasteiger partial charge in [0.15, 0.2) is 0 Å². The van der Waals surface area contributed by atoms with Crippen LogP contribution in [0.25, 0.3) is 6.08 Å². The van der Waals surface area contributed by atoms with Gasteiger partial charge in [0.1, 0.15) is 16.6 Å². The molecule has 0 spiro atoms. The van der Waals surface area contributed by atoms with Gasteiger partial charge < -0.3 is 19.4 Å². The van der Waals surface area contributed by atoms with E-state index in [0.29, 0.717) is 11.0 Å². The van der Waals surface area contributed by atoms with Gasteiger partial charge in [-0.15, -0.1) is 0 Å². The molecule has 0 atom stereocenters. The van der Waals surface area contributed by atoms with Crippen LogP contribution >= 0.6 is 11.6 Å². The van der Waals surface area contributed by atoms with Gasteiger partial charge in [0.25, 0.3) is 0 Å². The maximum atomic E-state index is 13.6. The number of nitrogens with one attached hydrogen (secondary N) is 1. The summed E-state index contributed by atoms with van der Waals surface area (Å²) in [6.07, 6.45) is 2.06. The fraction of sp³-hybridized carbons (Fsp3) is 0.579. The van der Waals surface area contributed by atoms with Crippen LogP contribution in [0, 0.1) is 5.82 Å². The normalized spacial score (nSPS) is 18.9. The van der Waals surface area contributed by atoms with Gasteiger partial charge in [-0.2, -0.15) is 0 Å². The third-order valence-electron chi connectivity index (χ3n) is 4.57. The van der Waals surface area contributed by atoms with Crippen LogP contribution in [-0.2, 0) is 14.0 Å². The van der Waals surface area contributed by atoms with Crippen molar-refractivity contribution in [1.29, 1.82) is 0 Å². The van der Waals surface area contributed by atoms with Crippen molar-refractivity contribution in [1.82, 2.24) is 10.3 Å². The number of amides is 1. The topological polar surface area (TPSA) is 69.7 Å². The molecule has 1 aliphatic rings. The Bertz CT molecular complexity index is 762. The van der Waals surface area contributed by atoms with Crippen LogP contribution in [0.1, 0.15) is 54.0 Å². The van der Waals surface area contributed by atoms with Gasteiger partial charge in [-0.3, -0.25) is 0 Å². The largest absolute Gasteiger partial charge is 0.492 e. The first-order valence-corrected chi connectivity index (χ1v) is 9.42. The van der Waals surface area contributed by atoms with Crippen molar-refractivity contribution in [3.05, 3.63) is 34.3 Å². The van der Waals surface area contributed by atoms with Gasteiger partial charge in [-0.25, -0.2) is 14.2 Å². The fourth-order valence-corrected chi connectivity index (χ4v) is 2.58. The zero-order valence-corrected chi connectivity index (χ0v) is 18.1. The lowest BCUT2D eigenvalue weighted by atomic mass is 9.77. The molecular formula is C19H27BClFN2O4. The summed E-state index contributed by atoms with van der Waals surface area (Å²) >= 11 is 6.09. The Hall–Kier alpha value is -1.64. The van der Waals surface area contributed by atoms with Crippen LogP contribution in [0.5, 0.6) is 0 Å². The molecule has 1 saturated heterocycles. The second-order valence-corrected chi connectivity index (χ2v) is 9.05. The molecule has 0 saturated carbocycles. The van der Waals surface area contributed by atoms with E-state index < -0.39 is 35.8 Å². The summed E-state index contributed by atoms with van der Waals surface area (Å²) in [6.45, 7) is 13.1. The Labute approximate surface area is 170 Å². The standard InChI is InChI=1S/C19H27BClFN2O4/c1-17(2,3)26-16(25)24-10-13(8-12-9-14(22)11-23-15(12)21)20-27-18(4,5)19(6,7)28-20/h8-9,11H,10H2,1-7H3,(H,24,25). The number of alkyl carbamates (subject to hydrolysis) is 1. The molecule has 0 aromatic carbocycles. The molecule has 1 fully saturated rings. The van der Waals surface area contributed by atoms with Gasteiger partial charge in [0.05, 0.1) is 17.4 Å². The van der Waals surface area contributed by atoms with Crippen molar-refractivity contribution in [3.8, 4) is 0 Å². The Kier molecular flexibility index (Phi) is 6.48. The number of hydrogen-bond donors (Lipinski definition) is 1. The molecule has 1 N–H and O–H groups in total. The number of halogens is 2. The van der Waals surface area contributed by atoms with Crippen molar-refractivity contribution in [2.45, 2.75) is 65.3 Å². The zero-order chi connectivity index (χ0) is 21.3. The molecule has 2 rings (SSSR count). The number of carbonyl (C=O) groups is 1. The third-order valence-corrected chi connectivity index (χ3v) is 4.88. The second kappa shape index (κ2) is 8.01. The van der Waals surface area contributed by atoms with E-state index >= 15 is 0 Å². The summed E-state index contributed by atoms with van der Waals surface area (Å²) in [4.78, 5) is 15.9. The summed E-state index contributed by atoms with van der Waals surface area (Å²) in [5, 5.41) is 2.81. The van der Waals surface area contributed by atoms with Crippen molar-refractivity contribution in [2.75, 3.05) is 6.54 Å². The lowest BCUT2D eigenvalue weighted by Gasteiger charge is -2.32. The van der Waals surface area contributed by atoms with Crippen molar-refractivity contribution >= 4 is 30.9 Å². The average molecular weight is 413 g/mol. The van der Waals surface area contributed by atoms with Gasteiger partial charge in [-0.05, 0) is 60.0 Å². The number of carbonyl (C=O) groups excluding carboxylic acids is 1. The molecule has 1 aliphatic heterocycles. The molecule has 0 aliphatic carbocycles. The molecule has 28 heavy (non-hydrogen) atoms. The Balaban J connectivity index is 2.30. The molecule has 0 unspecified atom stereocenters. The van der Waals surface area contributed by atoms with E-state index in [-0.39, 0.29) is 11.7 Å². The molecular weight excluding hydrogens is 385 g/mol. The SMILES string of the molecule is CC(C)(C)OC(=O)NCC(=Cc1cc(F)cnc1Cl)B1OC(C)(C)C(C)(C)O1. The highest BCUT2D eigenvalue weighted by molar-refractivity contribution is 6.56. The highest BCUT2D eigenvalue weighted by Gasteiger charge is 2.52. The van der Waals surface area contributed by atoms with E-state index in [0.717, 1.165) is 6.20 Å². The second-order valence-electron chi connectivity index (χ2n) is 8.70. The van der Waals surface area contributed by atoms with E-state index in [4.69, 9.17) is 25.6 Å². The number of aromatic nitrogens is 1. The molecule has 1 aromatic heterocycles. The lowest BCUT2D eigenvalue weighted by Crippen LogP contribution is -2.41. The minimum Gasteiger partial charge on any atom is -0.444 e. The van der Waals surface area contributed by atoms with Gasteiger partial charge in [0.2, 0.25) is 0 Å². The van der Waals surface area contributed by atoms with Gasteiger partial charge >= 0.3 is 13.2 Å². The number of rotatable bonds is 4. The Morgan fingerprint density at radius 3 is 2.43 bits per heavy atom. The quantitative estimate of drug-likeness (QED) is 0.586. The number of ether oxygens (including phenoxy) is 1. The van der Waals surface area contributed by atoms with Crippen molar-refractivity contribution in [2.24, 2.45) is 0 Å². The summed E-state index contributed by atoms with van der Waals surface area (Å²) in [6, 6.07) is 1.26. The molecule has 1 amide bonds. The monoisotopic (exact) mass is 412 g/mol. The summed E-state index contributed by atoms with van der Waals surface area (Å²) in [5.74, 6) is -0.524. The lowest BCUT2D eigenvalue weighted by molar-refractivity contribution is 0.00578. The molecule has 1 aromatic rings. The minimum atomic E-state index is -0.751. The molecule has 154 valence electrons. The molecule has 9 heteroatoms. The van der Waals surface area contributed by atoms with Crippen LogP contribution in [0.3, 0.4) is 0 Å². The predicted molar refractivity (Wildman–Crippen MR) is 108 cm³/mol. The van der Waals surface area contributed by atoms with Crippen LogP contribution in [0.2, 0.25) is 5.15 Å². The molecule has 6 nitrogen and oxygen atoms in total. The van der Waals surface area contributed by atoms with Crippen LogP contribution in [0.15, 0.2) is 17.7 Å². The van der Waals surface area contributed by atoms with Crippen molar-refractivity contribution in [3.63, 3.8) is 0 Å². The first-order chi connectivity index (χ1) is 12.7. The number of pyridine rings is 1. The van der Waals surface area contributed by atoms with Gasteiger partial charge in [0, 0.05) is 12.1 Å². The Morgan fingerprint density at radius 1 is 1.32 bits per heavy atom. The van der Waals surface area contributed by atoms with E-state index in [9.17, 15) is 9.18 Å². The molecule has 0 radical (unpaired) electrons. The first kappa shape index (κ1) is 22.7. The highest BCUT2D eigenvalue weighted by Crippen LogP contribution is 2.39. The summed E-state index contributed by atoms with van der Waals surface area (Å²) in [7, 11) is -0.751. The minimum absolute atomic E-state index is 0.0680. The van der Waals surface area contributed by atoms with Crippen molar-refractivity contribution < 1.29 is 23.2 Å². The number of nitrogens with zero attached hydrogens (tertiary/aromatic N) is 1. The van der Waals surface area contributed by atoms with Crippen LogP contribution in [-0.4, -0.2) is 41.5 Å². The van der Waals surface area contributed by atoms with E-state index in [1.54, 1.807) is 26.8 Å². The number of hydrogen-bond acceptors (Lipinski definition) is 5. The van der Waals surface area contributed by atoms with Gasteiger partial charge in [-0.1, -0.05) is 17.7 Å². The summed E-state index contributed by atoms with van der Waals surface area (Å²) < 4.78 is 31.0. The van der Waals surface area contributed by atoms with E-state index in [1.165, 1.54) is 6.07 Å². The maximum absolute atomic E-state index is 13.6. The summed E-state index contributed by atoms with van der Waals surface area (Å²) in [5.41, 5.74) is -0.871. The third kappa shape index (κ3) is 5.69. The molecule has 2 heterocycles. The fourth-order valence-electron chi connectivity index (χ4n) is 2.42. The smallest absolute Gasteiger partial charge is 0.444 e. The predicted octanol–water partition coefficient (Wildman–Crippen LogP) is 4.41. The highest BCUT2D eigenvalue weighted by atomic mass is 35.5. The average Bonchev–Trinajstić information content (AvgIpc) is 2.73. The molecule has 0 bridgehead atoms. The Morgan fingerprint density at radius 2 is 1.89 bits per heavy atom. The zero-order valence-electron chi connectivity index (χ0n) is 17.4. The van der Waals surface area contributed by atoms with E-state index in [1.807, 2.05) is 27.7 Å². The van der Waals surface area contributed by atoms with E-state index in [2.05, 4.69) is 10.3 Å². The van der Waals surface area contributed by atoms with Crippen LogP contribution in [0.4, 0.5) is 9.18 Å². The maximum Gasteiger partial charge on any atom is 0.492 e. The first-order valence-electron chi connectivity index (χ1n) is 9.04.